The summed E-state index contributed by atoms with van der Waals surface area (Å²) < 4.78 is 2.27. The lowest BCUT2D eigenvalue weighted by atomic mass is 9.86. The van der Waals surface area contributed by atoms with Crippen LogP contribution in [-0.2, 0) is 6.54 Å². The number of carboxylic acid groups (broad SMARTS) is 1. The van der Waals surface area contributed by atoms with Crippen molar-refractivity contribution in [1.82, 2.24) is 14.5 Å². The standard InChI is InChI=1S/C22H25N3O2/c26-22(27)18-8-10-23-19(14-18)20-13-17-9-12-25(21(17)15-24-20)11-4-7-16-5-2-1-3-6-16/h8-10,12-16H,1-7,11H2,(H,26,27). The number of aryl methyl sites for hydroxylation is 1. The predicted octanol–water partition coefficient (Wildman–Crippen LogP) is 5.16. The molecule has 0 aliphatic heterocycles. The molecule has 0 aromatic carbocycles. The molecule has 3 aromatic heterocycles. The number of aromatic carboxylic acids is 1. The molecule has 1 fully saturated rings. The van der Waals surface area contributed by atoms with E-state index in [2.05, 4.69) is 26.8 Å². The van der Waals surface area contributed by atoms with Gasteiger partial charge >= 0.3 is 5.97 Å². The maximum atomic E-state index is 11.2. The van der Waals surface area contributed by atoms with Gasteiger partial charge in [-0.15, -0.1) is 0 Å². The molecule has 5 nitrogen and oxygen atoms in total. The van der Waals surface area contributed by atoms with Crippen LogP contribution in [0.3, 0.4) is 0 Å². The summed E-state index contributed by atoms with van der Waals surface area (Å²) in [4.78, 5) is 20.0. The second-order valence-electron chi connectivity index (χ2n) is 7.52. The zero-order chi connectivity index (χ0) is 18.6. The van der Waals surface area contributed by atoms with E-state index in [1.165, 1.54) is 57.2 Å². The van der Waals surface area contributed by atoms with E-state index in [0.717, 1.165) is 23.4 Å². The average molecular weight is 363 g/mol. The summed E-state index contributed by atoms with van der Waals surface area (Å²) in [5, 5.41) is 10.3. The minimum atomic E-state index is -0.955. The molecule has 0 unspecified atom stereocenters. The Balaban J connectivity index is 1.48. The van der Waals surface area contributed by atoms with E-state index in [4.69, 9.17) is 5.11 Å². The number of pyridine rings is 2. The fourth-order valence-corrected chi connectivity index (χ4v) is 4.15. The Bertz CT molecular complexity index is 942. The number of aromatic nitrogens is 3. The van der Waals surface area contributed by atoms with Crippen LogP contribution in [0.25, 0.3) is 22.3 Å². The van der Waals surface area contributed by atoms with Crippen LogP contribution in [0.4, 0.5) is 0 Å². The van der Waals surface area contributed by atoms with Gasteiger partial charge in [0.15, 0.2) is 0 Å². The van der Waals surface area contributed by atoms with E-state index in [1.54, 1.807) is 6.07 Å². The van der Waals surface area contributed by atoms with Gasteiger partial charge in [0.25, 0.3) is 0 Å². The Morgan fingerprint density at radius 3 is 2.74 bits per heavy atom. The van der Waals surface area contributed by atoms with Crippen LogP contribution >= 0.6 is 0 Å². The first-order chi connectivity index (χ1) is 13.2. The van der Waals surface area contributed by atoms with Crippen molar-refractivity contribution in [1.29, 1.82) is 0 Å². The molecule has 3 aromatic rings. The molecule has 1 saturated carbocycles. The van der Waals surface area contributed by atoms with Crippen LogP contribution in [-0.4, -0.2) is 25.6 Å². The van der Waals surface area contributed by atoms with Crippen molar-refractivity contribution < 1.29 is 9.90 Å². The largest absolute Gasteiger partial charge is 0.478 e. The van der Waals surface area contributed by atoms with Crippen LogP contribution < -0.4 is 0 Å². The van der Waals surface area contributed by atoms with Crippen LogP contribution in [0.2, 0.25) is 0 Å². The second kappa shape index (κ2) is 7.91. The minimum absolute atomic E-state index is 0.224. The maximum Gasteiger partial charge on any atom is 0.335 e. The van der Waals surface area contributed by atoms with Crippen LogP contribution in [0, 0.1) is 5.92 Å². The fourth-order valence-electron chi connectivity index (χ4n) is 4.15. The molecule has 27 heavy (non-hydrogen) atoms. The number of fused-ring (bicyclic) bond motifs is 1. The Kier molecular flexibility index (Phi) is 5.19. The zero-order valence-electron chi connectivity index (χ0n) is 15.5. The van der Waals surface area contributed by atoms with Crippen molar-refractivity contribution in [2.75, 3.05) is 0 Å². The lowest BCUT2D eigenvalue weighted by Gasteiger charge is -2.21. The molecule has 3 heterocycles. The Morgan fingerprint density at radius 1 is 1.11 bits per heavy atom. The van der Waals surface area contributed by atoms with Gasteiger partial charge in [0.05, 0.1) is 28.7 Å². The lowest BCUT2D eigenvalue weighted by molar-refractivity contribution is 0.0697. The average Bonchev–Trinajstić information content (AvgIpc) is 3.11. The van der Waals surface area contributed by atoms with Gasteiger partial charge < -0.3 is 9.67 Å². The molecule has 0 saturated heterocycles. The molecular weight excluding hydrogens is 338 g/mol. The summed E-state index contributed by atoms with van der Waals surface area (Å²) in [6.07, 6.45) is 15.1. The first-order valence-electron chi connectivity index (χ1n) is 9.85. The molecule has 140 valence electrons. The molecular formula is C22H25N3O2. The van der Waals surface area contributed by atoms with E-state index < -0.39 is 5.97 Å². The number of nitrogens with zero attached hydrogens (tertiary/aromatic N) is 3. The summed E-state index contributed by atoms with van der Waals surface area (Å²) >= 11 is 0. The number of hydrogen-bond acceptors (Lipinski definition) is 3. The summed E-state index contributed by atoms with van der Waals surface area (Å²) in [6, 6.07) is 7.15. The van der Waals surface area contributed by atoms with Crippen molar-refractivity contribution in [3.63, 3.8) is 0 Å². The molecule has 1 aliphatic carbocycles. The van der Waals surface area contributed by atoms with E-state index >= 15 is 0 Å². The van der Waals surface area contributed by atoms with Crippen molar-refractivity contribution >= 4 is 16.9 Å². The molecule has 5 heteroatoms. The summed E-state index contributed by atoms with van der Waals surface area (Å²) in [6.45, 7) is 1.02. The van der Waals surface area contributed by atoms with E-state index in [9.17, 15) is 4.79 Å². The molecule has 0 atom stereocenters. The Labute approximate surface area is 159 Å². The minimum Gasteiger partial charge on any atom is -0.478 e. The van der Waals surface area contributed by atoms with Gasteiger partial charge in [0.1, 0.15) is 0 Å². The van der Waals surface area contributed by atoms with Gasteiger partial charge in [0, 0.05) is 24.3 Å². The summed E-state index contributed by atoms with van der Waals surface area (Å²) in [5.74, 6) is -0.0401. The smallest absolute Gasteiger partial charge is 0.335 e. The highest BCUT2D eigenvalue weighted by Gasteiger charge is 2.13. The van der Waals surface area contributed by atoms with Gasteiger partial charge in [0.2, 0.25) is 0 Å². The van der Waals surface area contributed by atoms with Crippen molar-refractivity contribution in [2.45, 2.75) is 51.5 Å². The molecule has 4 rings (SSSR count). The van der Waals surface area contributed by atoms with Gasteiger partial charge in [-0.1, -0.05) is 32.1 Å². The number of carbonyl (C=O) groups is 1. The Hall–Kier alpha value is -2.69. The van der Waals surface area contributed by atoms with Gasteiger partial charge in [-0.3, -0.25) is 9.97 Å². The van der Waals surface area contributed by atoms with E-state index in [0.29, 0.717) is 11.4 Å². The summed E-state index contributed by atoms with van der Waals surface area (Å²) in [5.41, 5.74) is 2.63. The van der Waals surface area contributed by atoms with Gasteiger partial charge in [-0.2, -0.15) is 0 Å². The van der Waals surface area contributed by atoms with Gasteiger partial charge in [-0.05, 0) is 43.0 Å². The van der Waals surface area contributed by atoms with E-state index in [1.807, 2.05) is 12.3 Å². The Morgan fingerprint density at radius 2 is 1.93 bits per heavy atom. The molecule has 1 N–H and O–H groups in total. The zero-order valence-corrected chi connectivity index (χ0v) is 15.5. The van der Waals surface area contributed by atoms with Crippen molar-refractivity contribution in [3.05, 3.63) is 48.4 Å². The first kappa shape index (κ1) is 17.7. The topological polar surface area (TPSA) is 68.0 Å². The maximum absolute atomic E-state index is 11.2. The highest BCUT2D eigenvalue weighted by atomic mass is 16.4. The third-order valence-corrected chi connectivity index (χ3v) is 5.66. The highest BCUT2D eigenvalue weighted by Crippen LogP contribution is 2.28. The fraction of sp³-hybridized carbons (Fsp3) is 0.409. The summed E-state index contributed by atoms with van der Waals surface area (Å²) in [7, 11) is 0. The number of hydrogen-bond donors (Lipinski definition) is 1. The second-order valence-corrected chi connectivity index (χ2v) is 7.52. The monoisotopic (exact) mass is 363 g/mol. The highest BCUT2D eigenvalue weighted by molar-refractivity contribution is 5.89. The third kappa shape index (κ3) is 4.02. The number of carboxylic acids is 1. The first-order valence-corrected chi connectivity index (χ1v) is 9.85. The van der Waals surface area contributed by atoms with Crippen molar-refractivity contribution in [2.24, 2.45) is 5.92 Å². The quantitative estimate of drug-likeness (QED) is 0.657. The molecule has 0 spiro atoms. The molecule has 1 aliphatic rings. The molecule has 0 bridgehead atoms. The normalized spacial score (nSPS) is 15.3. The third-order valence-electron chi connectivity index (χ3n) is 5.66. The molecule has 0 radical (unpaired) electrons. The lowest BCUT2D eigenvalue weighted by Crippen LogP contribution is -2.07. The number of rotatable bonds is 6. The molecule has 0 amide bonds. The predicted molar refractivity (Wildman–Crippen MR) is 106 cm³/mol. The van der Waals surface area contributed by atoms with Crippen LogP contribution in [0.5, 0.6) is 0 Å². The van der Waals surface area contributed by atoms with E-state index in [-0.39, 0.29) is 5.56 Å². The van der Waals surface area contributed by atoms with Crippen molar-refractivity contribution in [3.8, 4) is 11.4 Å². The van der Waals surface area contributed by atoms with Crippen LogP contribution in [0.15, 0.2) is 42.9 Å². The van der Waals surface area contributed by atoms with Gasteiger partial charge in [-0.25, -0.2) is 4.79 Å². The SMILES string of the molecule is O=C(O)c1ccnc(-c2cc3ccn(CCCC4CCCCC4)c3cn2)c1. The van der Waals surface area contributed by atoms with Crippen LogP contribution in [0.1, 0.15) is 55.3 Å².